The third-order valence-electron chi connectivity index (χ3n) is 4.98. The van der Waals surface area contributed by atoms with Crippen LogP contribution in [0.15, 0.2) is 60.7 Å². The Kier molecular flexibility index (Phi) is 5.03. The van der Waals surface area contributed by atoms with Crippen LogP contribution in [0.4, 0.5) is 26.3 Å². The second-order valence-electron chi connectivity index (χ2n) is 7.07. The van der Waals surface area contributed by atoms with Gasteiger partial charge in [-0.15, -0.1) is 13.2 Å². The monoisotopic (exact) mass is 452 g/mol. The van der Waals surface area contributed by atoms with Crippen molar-refractivity contribution in [3.8, 4) is 5.75 Å². The van der Waals surface area contributed by atoms with Crippen LogP contribution < -0.4 is 10.5 Å². The smallest absolute Gasteiger partial charge is 0.406 e. The molecular weight excluding hydrogens is 438 g/mol. The number of carbonyl (C=O) groups is 1. The molecule has 1 heterocycles. The fourth-order valence-corrected chi connectivity index (χ4v) is 3.68. The van der Waals surface area contributed by atoms with E-state index in [1.807, 2.05) is 0 Å². The maximum atomic E-state index is 13.3. The minimum Gasteiger partial charge on any atom is -0.406 e. The average molecular weight is 452 g/mol. The van der Waals surface area contributed by atoms with Crippen molar-refractivity contribution in [2.75, 3.05) is 0 Å². The number of ether oxygens (including phenoxy) is 1. The van der Waals surface area contributed by atoms with Crippen molar-refractivity contribution < 1.29 is 35.9 Å². The number of primary amides is 1. The number of hydrogen-bond acceptors (Lipinski definition) is 2. The van der Waals surface area contributed by atoms with Crippen LogP contribution in [0.3, 0.4) is 0 Å². The minimum absolute atomic E-state index is 0.0375. The molecule has 0 atom stereocenters. The lowest BCUT2D eigenvalue weighted by molar-refractivity contribution is -0.274. The van der Waals surface area contributed by atoms with Crippen molar-refractivity contribution in [1.29, 1.82) is 0 Å². The maximum Gasteiger partial charge on any atom is 0.573 e. The minimum atomic E-state index is -4.84. The van der Waals surface area contributed by atoms with E-state index < -0.39 is 29.8 Å². The lowest BCUT2D eigenvalue weighted by Crippen LogP contribution is -2.17. The fraction of sp³-hybridized carbons (Fsp3) is 0.136. The van der Waals surface area contributed by atoms with E-state index in [1.54, 1.807) is 16.7 Å². The molecule has 0 radical (unpaired) electrons. The number of alkyl halides is 6. The quantitative estimate of drug-likeness (QED) is 0.395. The first-order valence-corrected chi connectivity index (χ1v) is 9.21. The molecule has 4 aromatic rings. The average Bonchev–Trinajstić information content (AvgIpc) is 3.01. The molecule has 0 aliphatic heterocycles. The Bertz CT molecular complexity index is 1320. The summed E-state index contributed by atoms with van der Waals surface area (Å²) in [6.07, 6.45) is -9.42. The Hall–Kier alpha value is -3.69. The van der Waals surface area contributed by atoms with Gasteiger partial charge in [0.15, 0.2) is 0 Å². The third kappa shape index (κ3) is 4.08. The predicted molar refractivity (Wildman–Crippen MR) is 105 cm³/mol. The van der Waals surface area contributed by atoms with Crippen LogP contribution in [0.25, 0.3) is 21.8 Å². The highest BCUT2D eigenvalue weighted by Crippen LogP contribution is 2.37. The van der Waals surface area contributed by atoms with E-state index in [0.29, 0.717) is 21.9 Å². The van der Waals surface area contributed by atoms with Crippen LogP contribution in [-0.2, 0) is 12.7 Å². The van der Waals surface area contributed by atoms with Gasteiger partial charge in [-0.1, -0.05) is 24.3 Å². The van der Waals surface area contributed by atoms with Gasteiger partial charge in [0, 0.05) is 22.9 Å². The van der Waals surface area contributed by atoms with Crippen LogP contribution in [-0.4, -0.2) is 16.8 Å². The van der Waals surface area contributed by atoms with Gasteiger partial charge >= 0.3 is 12.5 Å². The number of amides is 1. The molecule has 1 aromatic heterocycles. The molecular formula is C22H14F6N2O2. The molecule has 0 spiro atoms. The second-order valence-corrected chi connectivity index (χ2v) is 7.07. The van der Waals surface area contributed by atoms with Gasteiger partial charge in [0.05, 0.1) is 16.6 Å². The van der Waals surface area contributed by atoms with E-state index in [4.69, 9.17) is 5.73 Å². The molecule has 0 saturated carbocycles. The highest BCUT2D eigenvalue weighted by atomic mass is 19.4. The van der Waals surface area contributed by atoms with Crippen LogP contribution in [0.5, 0.6) is 5.75 Å². The Morgan fingerprint density at radius 2 is 1.59 bits per heavy atom. The number of hydrogen-bond donors (Lipinski definition) is 1. The third-order valence-corrected chi connectivity index (χ3v) is 4.98. The van der Waals surface area contributed by atoms with Gasteiger partial charge in [0.25, 0.3) is 0 Å². The molecule has 2 N–H and O–H groups in total. The zero-order valence-electron chi connectivity index (χ0n) is 16.1. The number of nitrogens with zero attached hydrogens (tertiary/aromatic N) is 1. The summed E-state index contributed by atoms with van der Waals surface area (Å²) >= 11 is 0. The molecule has 0 bridgehead atoms. The molecule has 166 valence electrons. The largest absolute Gasteiger partial charge is 0.573 e. The molecule has 0 saturated heterocycles. The maximum absolute atomic E-state index is 13.3. The lowest BCUT2D eigenvalue weighted by atomic mass is 10.0. The Labute approximate surface area is 176 Å². The van der Waals surface area contributed by atoms with Crippen molar-refractivity contribution >= 4 is 27.7 Å². The summed E-state index contributed by atoms with van der Waals surface area (Å²) in [7, 11) is 0. The van der Waals surface area contributed by atoms with Gasteiger partial charge < -0.3 is 15.0 Å². The summed E-state index contributed by atoms with van der Waals surface area (Å²) in [5.74, 6) is -1.15. The van der Waals surface area contributed by atoms with E-state index in [9.17, 15) is 31.1 Å². The predicted octanol–water partition coefficient (Wildman–Crippen LogP) is 5.86. The van der Waals surface area contributed by atoms with Crippen molar-refractivity contribution in [2.24, 2.45) is 5.73 Å². The van der Waals surface area contributed by atoms with Crippen LogP contribution >= 0.6 is 0 Å². The number of carbonyl (C=O) groups excluding carboxylic acids is 1. The van der Waals surface area contributed by atoms with Gasteiger partial charge in [0.1, 0.15) is 5.75 Å². The van der Waals surface area contributed by atoms with Crippen LogP contribution in [0.2, 0.25) is 0 Å². The van der Waals surface area contributed by atoms with E-state index in [-0.39, 0.29) is 17.6 Å². The molecule has 32 heavy (non-hydrogen) atoms. The summed E-state index contributed by atoms with van der Waals surface area (Å²) in [4.78, 5) is 11.9. The highest BCUT2D eigenvalue weighted by molar-refractivity contribution is 6.18. The molecule has 0 fully saturated rings. The number of fused-ring (bicyclic) bond motifs is 3. The first-order chi connectivity index (χ1) is 14.9. The highest BCUT2D eigenvalue weighted by Gasteiger charge is 2.32. The lowest BCUT2D eigenvalue weighted by Gasteiger charge is -2.12. The van der Waals surface area contributed by atoms with Crippen molar-refractivity contribution in [2.45, 2.75) is 19.1 Å². The van der Waals surface area contributed by atoms with E-state index in [1.165, 1.54) is 24.3 Å². The van der Waals surface area contributed by atoms with Crippen LogP contribution in [0.1, 0.15) is 21.5 Å². The Morgan fingerprint density at radius 1 is 0.906 bits per heavy atom. The second kappa shape index (κ2) is 7.47. The van der Waals surface area contributed by atoms with Crippen molar-refractivity contribution in [3.63, 3.8) is 0 Å². The molecule has 3 aromatic carbocycles. The first kappa shape index (κ1) is 21.5. The number of nitrogens with two attached hydrogens (primary N) is 1. The number of rotatable bonds is 4. The standard InChI is InChI=1S/C22H14F6N2O2/c23-21(24,25)13-6-9-15-18(10-13)30(17-3-1-2-16(19(15)17)20(29)31)11-12-4-7-14(8-5-12)32-22(26,27)28/h1-10H,11H2,(H2,29,31). The summed E-state index contributed by atoms with van der Waals surface area (Å²) < 4.78 is 82.5. The Balaban J connectivity index is 1.88. The molecule has 10 heteroatoms. The molecule has 1 amide bonds. The van der Waals surface area contributed by atoms with Gasteiger partial charge in [-0.3, -0.25) is 4.79 Å². The molecule has 0 unspecified atom stereocenters. The zero-order valence-corrected chi connectivity index (χ0v) is 16.1. The molecule has 4 rings (SSSR count). The van der Waals surface area contributed by atoms with Crippen LogP contribution in [0, 0.1) is 0 Å². The van der Waals surface area contributed by atoms with E-state index in [0.717, 1.165) is 24.3 Å². The topological polar surface area (TPSA) is 57.2 Å². The number of benzene rings is 3. The van der Waals surface area contributed by atoms with Gasteiger partial charge in [-0.25, -0.2) is 0 Å². The van der Waals surface area contributed by atoms with E-state index >= 15 is 0 Å². The number of aromatic nitrogens is 1. The normalized spacial score (nSPS) is 12.4. The van der Waals surface area contributed by atoms with Gasteiger partial charge in [0.2, 0.25) is 5.91 Å². The zero-order chi connectivity index (χ0) is 23.3. The summed E-state index contributed by atoms with van der Waals surface area (Å²) in [5.41, 5.74) is 5.93. The van der Waals surface area contributed by atoms with Crippen molar-refractivity contribution in [3.05, 3.63) is 77.4 Å². The SMILES string of the molecule is NC(=O)c1cccc2c1c1ccc(C(F)(F)F)cc1n2Cc1ccc(OC(F)(F)F)cc1. The Morgan fingerprint density at radius 3 is 2.19 bits per heavy atom. The van der Waals surface area contributed by atoms with Gasteiger partial charge in [-0.2, -0.15) is 13.2 Å². The van der Waals surface area contributed by atoms with E-state index in [2.05, 4.69) is 4.74 Å². The van der Waals surface area contributed by atoms with Crippen molar-refractivity contribution in [1.82, 2.24) is 4.57 Å². The summed E-state index contributed by atoms with van der Waals surface area (Å²) in [6, 6.07) is 12.8. The summed E-state index contributed by atoms with van der Waals surface area (Å²) in [6.45, 7) is 0.0375. The molecule has 0 aliphatic rings. The fourth-order valence-electron chi connectivity index (χ4n) is 3.68. The first-order valence-electron chi connectivity index (χ1n) is 9.21. The molecule has 4 nitrogen and oxygen atoms in total. The van der Waals surface area contributed by atoms with Gasteiger partial charge in [-0.05, 0) is 42.0 Å². The number of halogens is 6. The summed E-state index contributed by atoms with van der Waals surface area (Å²) in [5, 5.41) is 0.806. The molecule has 0 aliphatic carbocycles.